The van der Waals surface area contributed by atoms with Gasteiger partial charge in [-0.2, -0.15) is 0 Å². The minimum Gasteiger partial charge on any atom is -0.338 e. The molecule has 1 aliphatic rings. The Hall–Kier alpha value is -0.730. The highest BCUT2D eigenvalue weighted by atomic mass is 16.2. The summed E-state index contributed by atoms with van der Waals surface area (Å²) in [5.41, 5.74) is 0.323. The molecule has 1 fully saturated rings. The summed E-state index contributed by atoms with van der Waals surface area (Å²) in [6.45, 7) is 7.13. The summed E-state index contributed by atoms with van der Waals surface area (Å²) < 4.78 is 0. The highest BCUT2D eigenvalue weighted by Crippen LogP contribution is 2.44. The number of carbonyl (C=O) groups excluding carboxylic acids is 1. The zero-order valence-corrected chi connectivity index (χ0v) is 8.11. The van der Waals surface area contributed by atoms with E-state index in [0.717, 1.165) is 19.4 Å². The van der Waals surface area contributed by atoms with Crippen LogP contribution in [0.4, 0.5) is 4.79 Å². The molecule has 0 bridgehead atoms. The van der Waals surface area contributed by atoms with E-state index in [2.05, 4.69) is 24.5 Å². The van der Waals surface area contributed by atoms with E-state index >= 15 is 0 Å². The summed E-state index contributed by atoms with van der Waals surface area (Å²) in [6.07, 6.45) is 2.09. The van der Waals surface area contributed by atoms with Gasteiger partial charge in [-0.25, -0.2) is 4.79 Å². The van der Waals surface area contributed by atoms with Gasteiger partial charge in [-0.1, -0.05) is 20.8 Å². The van der Waals surface area contributed by atoms with Crippen LogP contribution in [0.15, 0.2) is 0 Å². The molecular formula is C9H18N2O. The smallest absolute Gasteiger partial charge is 0.315 e. The van der Waals surface area contributed by atoms with Crippen molar-refractivity contribution in [2.45, 2.75) is 39.7 Å². The van der Waals surface area contributed by atoms with E-state index in [1.54, 1.807) is 0 Å². The standard InChI is InChI=1S/C9H18N2O/c1-4-5-10-8(12)11-7-6-9(7,2)3/h7H,4-6H2,1-3H3,(H2,10,11,12). The van der Waals surface area contributed by atoms with E-state index in [0.29, 0.717) is 11.5 Å². The van der Waals surface area contributed by atoms with Crippen molar-refractivity contribution in [2.24, 2.45) is 5.41 Å². The molecule has 3 nitrogen and oxygen atoms in total. The predicted octanol–water partition coefficient (Wildman–Crippen LogP) is 1.49. The van der Waals surface area contributed by atoms with Crippen LogP contribution in [0.2, 0.25) is 0 Å². The molecule has 0 spiro atoms. The molecule has 0 heterocycles. The molecule has 0 aromatic heterocycles. The van der Waals surface area contributed by atoms with Gasteiger partial charge < -0.3 is 10.6 Å². The summed E-state index contributed by atoms with van der Waals surface area (Å²) in [6, 6.07) is 0.363. The third-order valence-electron chi connectivity index (χ3n) is 2.35. The van der Waals surface area contributed by atoms with Crippen LogP contribution >= 0.6 is 0 Å². The van der Waals surface area contributed by atoms with Gasteiger partial charge in [0.25, 0.3) is 0 Å². The first-order chi connectivity index (χ1) is 5.56. The maximum absolute atomic E-state index is 11.1. The Bertz CT molecular complexity index is 177. The van der Waals surface area contributed by atoms with Crippen LogP contribution in [0.5, 0.6) is 0 Å². The number of amides is 2. The van der Waals surface area contributed by atoms with E-state index in [1.165, 1.54) is 0 Å². The molecule has 12 heavy (non-hydrogen) atoms. The molecule has 1 atom stereocenters. The maximum atomic E-state index is 11.1. The van der Waals surface area contributed by atoms with Gasteiger partial charge in [-0.3, -0.25) is 0 Å². The van der Waals surface area contributed by atoms with Crippen molar-refractivity contribution >= 4 is 6.03 Å². The molecule has 2 N–H and O–H groups in total. The normalized spacial score (nSPS) is 24.8. The van der Waals surface area contributed by atoms with E-state index in [-0.39, 0.29) is 6.03 Å². The van der Waals surface area contributed by atoms with Crippen LogP contribution in [-0.4, -0.2) is 18.6 Å². The van der Waals surface area contributed by atoms with Crippen LogP contribution in [0.3, 0.4) is 0 Å². The van der Waals surface area contributed by atoms with Crippen LogP contribution in [0.25, 0.3) is 0 Å². The fourth-order valence-electron chi connectivity index (χ4n) is 1.16. The Labute approximate surface area is 73.9 Å². The molecule has 70 valence electrons. The maximum Gasteiger partial charge on any atom is 0.315 e. The van der Waals surface area contributed by atoms with Gasteiger partial charge in [0.05, 0.1) is 0 Å². The third kappa shape index (κ3) is 2.40. The lowest BCUT2D eigenvalue weighted by molar-refractivity contribution is 0.239. The van der Waals surface area contributed by atoms with Crippen molar-refractivity contribution in [3.05, 3.63) is 0 Å². The predicted molar refractivity (Wildman–Crippen MR) is 49.0 cm³/mol. The van der Waals surface area contributed by atoms with Crippen LogP contribution in [0.1, 0.15) is 33.6 Å². The monoisotopic (exact) mass is 170 g/mol. The number of rotatable bonds is 3. The fourth-order valence-corrected chi connectivity index (χ4v) is 1.16. The summed E-state index contributed by atoms with van der Waals surface area (Å²) in [7, 11) is 0. The summed E-state index contributed by atoms with van der Waals surface area (Å²) in [4.78, 5) is 11.1. The molecule has 0 aromatic rings. The molecule has 1 saturated carbocycles. The SMILES string of the molecule is CCCNC(=O)NC1CC1(C)C. The van der Waals surface area contributed by atoms with Crippen molar-refractivity contribution < 1.29 is 4.79 Å². The van der Waals surface area contributed by atoms with Crippen LogP contribution in [-0.2, 0) is 0 Å². The topological polar surface area (TPSA) is 41.1 Å². The number of hydrogen-bond acceptors (Lipinski definition) is 1. The molecule has 0 aliphatic heterocycles. The second-order valence-corrected chi connectivity index (χ2v) is 4.15. The van der Waals surface area contributed by atoms with Crippen molar-refractivity contribution in [1.29, 1.82) is 0 Å². The number of urea groups is 1. The summed E-state index contributed by atoms with van der Waals surface area (Å²) in [5.74, 6) is 0. The molecule has 0 aromatic carbocycles. The first-order valence-electron chi connectivity index (χ1n) is 4.60. The van der Waals surface area contributed by atoms with Gasteiger partial charge >= 0.3 is 6.03 Å². The molecule has 0 saturated heterocycles. The molecule has 1 rings (SSSR count). The van der Waals surface area contributed by atoms with E-state index < -0.39 is 0 Å². The largest absolute Gasteiger partial charge is 0.338 e. The first-order valence-corrected chi connectivity index (χ1v) is 4.60. The second kappa shape index (κ2) is 3.33. The van der Waals surface area contributed by atoms with Gasteiger partial charge in [0.15, 0.2) is 0 Å². The van der Waals surface area contributed by atoms with Gasteiger partial charge in [-0.05, 0) is 18.3 Å². The van der Waals surface area contributed by atoms with E-state index in [1.807, 2.05) is 6.92 Å². The molecule has 1 aliphatic carbocycles. The Morgan fingerprint density at radius 3 is 2.58 bits per heavy atom. The molecular weight excluding hydrogens is 152 g/mol. The van der Waals surface area contributed by atoms with Crippen molar-refractivity contribution in [3.63, 3.8) is 0 Å². The highest BCUT2D eigenvalue weighted by Gasteiger charge is 2.46. The van der Waals surface area contributed by atoms with Crippen LogP contribution < -0.4 is 10.6 Å². The first kappa shape index (κ1) is 9.36. The minimum absolute atomic E-state index is 0.0209. The van der Waals surface area contributed by atoms with Gasteiger partial charge in [0, 0.05) is 12.6 Å². The Kier molecular flexibility index (Phi) is 2.60. The van der Waals surface area contributed by atoms with Gasteiger partial charge in [-0.15, -0.1) is 0 Å². The van der Waals surface area contributed by atoms with E-state index in [4.69, 9.17) is 0 Å². The van der Waals surface area contributed by atoms with E-state index in [9.17, 15) is 4.79 Å². The third-order valence-corrected chi connectivity index (χ3v) is 2.35. The fraction of sp³-hybridized carbons (Fsp3) is 0.889. The van der Waals surface area contributed by atoms with Gasteiger partial charge in [0.2, 0.25) is 0 Å². The quantitative estimate of drug-likeness (QED) is 0.662. The molecule has 3 heteroatoms. The molecule has 2 amide bonds. The number of nitrogens with one attached hydrogen (secondary N) is 2. The molecule has 0 radical (unpaired) electrons. The van der Waals surface area contributed by atoms with Gasteiger partial charge in [0.1, 0.15) is 0 Å². The summed E-state index contributed by atoms with van der Waals surface area (Å²) in [5, 5.41) is 5.72. The average molecular weight is 170 g/mol. The molecule has 1 unspecified atom stereocenters. The average Bonchev–Trinajstić information content (AvgIpc) is 2.54. The van der Waals surface area contributed by atoms with Crippen molar-refractivity contribution in [3.8, 4) is 0 Å². The summed E-state index contributed by atoms with van der Waals surface area (Å²) >= 11 is 0. The van der Waals surface area contributed by atoms with Crippen LogP contribution in [0, 0.1) is 5.41 Å². The lowest BCUT2D eigenvalue weighted by Crippen LogP contribution is -2.38. The highest BCUT2D eigenvalue weighted by molar-refractivity contribution is 5.74. The number of hydrogen-bond donors (Lipinski definition) is 2. The Morgan fingerprint density at radius 1 is 1.58 bits per heavy atom. The Balaban J connectivity index is 2.12. The zero-order valence-electron chi connectivity index (χ0n) is 8.11. The van der Waals surface area contributed by atoms with Crippen molar-refractivity contribution in [1.82, 2.24) is 10.6 Å². The minimum atomic E-state index is -0.0209. The Morgan fingerprint density at radius 2 is 2.17 bits per heavy atom. The van der Waals surface area contributed by atoms with Crippen molar-refractivity contribution in [2.75, 3.05) is 6.54 Å². The zero-order chi connectivity index (χ0) is 9.19. The number of carbonyl (C=O) groups is 1. The second-order valence-electron chi connectivity index (χ2n) is 4.15. The lowest BCUT2D eigenvalue weighted by Gasteiger charge is -2.07. The lowest BCUT2D eigenvalue weighted by atomic mass is 10.2.